The zero-order valence-corrected chi connectivity index (χ0v) is 14.3. The van der Waals surface area contributed by atoms with Crippen LogP contribution in [0, 0.1) is 5.92 Å². The minimum atomic E-state index is -1.03. The van der Waals surface area contributed by atoms with E-state index in [0.29, 0.717) is 0 Å². The van der Waals surface area contributed by atoms with Gasteiger partial charge in [-0.3, -0.25) is 14.4 Å². The SMILES string of the molecule is CC(=O)OCC[C@@]1(Cl)[C@H](OC(C)=O)[C@@H]2O[C@]2(C)[C@H]1COC(C)=O. The molecule has 2 aliphatic rings. The molecule has 1 saturated heterocycles. The number of esters is 3. The van der Waals surface area contributed by atoms with Gasteiger partial charge in [0.15, 0.2) is 6.10 Å². The summed E-state index contributed by atoms with van der Waals surface area (Å²) in [5.41, 5.74) is -0.631. The van der Waals surface area contributed by atoms with Gasteiger partial charge in [0.1, 0.15) is 11.7 Å². The minimum Gasteiger partial charge on any atom is -0.466 e. The fourth-order valence-corrected chi connectivity index (χ4v) is 3.84. The van der Waals surface area contributed by atoms with Crippen LogP contribution in [0.25, 0.3) is 0 Å². The smallest absolute Gasteiger partial charge is 0.303 e. The number of fused-ring (bicyclic) bond motifs is 1. The molecular formula is C15H21ClO7. The van der Waals surface area contributed by atoms with Gasteiger partial charge >= 0.3 is 17.9 Å². The molecule has 0 unspecified atom stereocenters. The summed E-state index contributed by atoms with van der Waals surface area (Å²) in [4.78, 5) is 32.5. The van der Waals surface area contributed by atoms with Crippen molar-refractivity contribution in [3.63, 3.8) is 0 Å². The predicted molar refractivity (Wildman–Crippen MR) is 78.8 cm³/mol. The molecule has 1 saturated carbocycles. The Morgan fingerprint density at radius 1 is 1.09 bits per heavy atom. The number of alkyl halides is 1. The van der Waals surface area contributed by atoms with E-state index in [1.165, 1.54) is 20.8 Å². The summed E-state index contributed by atoms with van der Waals surface area (Å²) < 4.78 is 21.1. The average molecular weight is 349 g/mol. The first-order valence-electron chi connectivity index (χ1n) is 7.42. The second kappa shape index (κ2) is 6.28. The lowest BCUT2D eigenvalue weighted by atomic mass is 9.86. The Labute approximate surface area is 139 Å². The van der Waals surface area contributed by atoms with Gasteiger partial charge < -0.3 is 18.9 Å². The molecule has 0 N–H and O–H groups in total. The summed E-state index contributed by atoms with van der Waals surface area (Å²) in [6.07, 6.45) is -0.794. The number of epoxide rings is 1. The number of hydrogen-bond donors (Lipinski definition) is 0. The van der Waals surface area contributed by atoms with Crippen LogP contribution < -0.4 is 0 Å². The summed E-state index contributed by atoms with van der Waals surface area (Å²) in [5, 5.41) is 0. The Kier molecular flexibility index (Phi) is 4.92. The summed E-state index contributed by atoms with van der Waals surface area (Å²) in [6, 6.07) is 0. The van der Waals surface area contributed by atoms with Crippen molar-refractivity contribution in [1.82, 2.24) is 0 Å². The molecule has 0 spiro atoms. The summed E-state index contributed by atoms with van der Waals surface area (Å²) in [7, 11) is 0. The number of carbonyl (C=O) groups excluding carboxylic acids is 3. The van der Waals surface area contributed by atoms with E-state index < -0.39 is 34.5 Å². The van der Waals surface area contributed by atoms with Gasteiger partial charge in [0.25, 0.3) is 0 Å². The molecule has 0 bridgehead atoms. The van der Waals surface area contributed by atoms with Crippen LogP contribution in [0.2, 0.25) is 0 Å². The highest BCUT2D eigenvalue weighted by atomic mass is 35.5. The molecule has 2 rings (SSSR count). The number of carbonyl (C=O) groups is 3. The van der Waals surface area contributed by atoms with Crippen LogP contribution in [-0.2, 0) is 33.3 Å². The van der Waals surface area contributed by atoms with Crippen LogP contribution in [0.1, 0.15) is 34.1 Å². The van der Waals surface area contributed by atoms with E-state index in [-0.39, 0.29) is 31.7 Å². The fourth-order valence-electron chi connectivity index (χ4n) is 3.32. The Morgan fingerprint density at radius 3 is 2.22 bits per heavy atom. The van der Waals surface area contributed by atoms with Crippen molar-refractivity contribution in [3.8, 4) is 0 Å². The minimum absolute atomic E-state index is 0.0453. The zero-order valence-electron chi connectivity index (χ0n) is 13.6. The molecular weight excluding hydrogens is 328 g/mol. The van der Waals surface area contributed by atoms with E-state index >= 15 is 0 Å². The van der Waals surface area contributed by atoms with Gasteiger partial charge in [-0.2, -0.15) is 0 Å². The molecule has 23 heavy (non-hydrogen) atoms. The third kappa shape index (κ3) is 3.45. The van der Waals surface area contributed by atoms with Crippen molar-refractivity contribution in [2.75, 3.05) is 13.2 Å². The maximum absolute atomic E-state index is 11.4. The van der Waals surface area contributed by atoms with Gasteiger partial charge in [0.2, 0.25) is 0 Å². The second-order valence-electron chi connectivity index (χ2n) is 6.12. The first-order valence-corrected chi connectivity index (χ1v) is 7.79. The molecule has 1 aliphatic carbocycles. The maximum atomic E-state index is 11.4. The monoisotopic (exact) mass is 348 g/mol. The number of rotatable bonds is 6. The van der Waals surface area contributed by atoms with E-state index in [1.807, 2.05) is 6.92 Å². The van der Waals surface area contributed by atoms with Crippen molar-refractivity contribution in [1.29, 1.82) is 0 Å². The molecule has 0 radical (unpaired) electrons. The van der Waals surface area contributed by atoms with Crippen LogP contribution in [0.4, 0.5) is 0 Å². The van der Waals surface area contributed by atoms with Gasteiger partial charge in [-0.25, -0.2) is 0 Å². The highest BCUT2D eigenvalue weighted by Gasteiger charge is 2.77. The maximum Gasteiger partial charge on any atom is 0.303 e. The molecule has 5 atom stereocenters. The van der Waals surface area contributed by atoms with Crippen LogP contribution in [-0.4, -0.2) is 53.8 Å². The first-order chi connectivity index (χ1) is 10.6. The largest absolute Gasteiger partial charge is 0.466 e. The molecule has 1 aliphatic heterocycles. The summed E-state index contributed by atoms with van der Waals surface area (Å²) in [5.74, 6) is -1.71. The molecule has 0 aromatic carbocycles. The van der Waals surface area contributed by atoms with Gasteiger partial charge in [-0.15, -0.1) is 11.6 Å². The lowest BCUT2D eigenvalue weighted by Gasteiger charge is -2.36. The number of ether oxygens (including phenoxy) is 4. The van der Waals surface area contributed by atoms with Gasteiger partial charge in [-0.1, -0.05) is 0 Å². The van der Waals surface area contributed by atoms with Crippen LogP contribution in [0.15, 0.2) is 0 Å². The molecule has 0 aromatic rings. The highest BCUT2D eigenvalue weighted by Crippen LogP contribution is 2.62. The number of halogens is 1. The third-order valence-electron chi connectivity index (χ3n) is 4.44. The Bertz CT molecular complexity index is 522. The van der Waals surface area contributed by atoms with E-state index in [2.05, 4.69) is 0 Å². The van der Waals surface area contributed by atoms with E-state index in [9.17, 15) is 14.4 Å². The molecule has 130 valence electrons. The van der Waals surface area contributed by atoms with Crippen molar-refractivity contribution in [2.45, 2.75) is 56.8 Å². The predicted octanol–water partition coefficient (Wildman–Crippen LogP) is 1.20. The first kappa shape index (κ1) is 18.0. The Balaban J connectivity index is 2.19. The topological polar surface area (TPSA) is 91.4 Å². The van der Waals surface area contributed by atoms with Crippen LogP contribution in [0.5, 0.6) is 0 Å². The summed E-state index contributed by atoms with van der Waals surface area (Å²) >= 11 is 6.79. The fraction of sp³-hybridized carbons (Fsp3) is 0.800. The molecule has 0 aromatic heterocycles. The van der Waals surface area contributed by atoms with Crippen LogP contribution in [0.3, 0.4) is 0 Å². The lowest BCUT2D eigenvalue weighted by molar-refractivity contribution is -0.154. The second-order valence-corrected chi connectivity index (χ2v) is 6.83. The average Bonchev–Trinajstić information content (AvgIpc) is 3.02. The molecule has 8 heteroatoms. The normalized spacial score (nSPS) is 37.7. The molecule has 0 amide bonds. The quantitative estimate of drug-likeness (QED) is 0.308. The van der Waals surface area contributed by atoms with Crippen molar-refractivity contribution < 1.29 is 33.3 Å². The standard InChI is InChI=1S/C15H21ClO7/c1-8(17)20-6-5-15(16)11(7-21-9(2)18)14(4)12(23-14)13(15)22-10(3)19/h11-13H,5-7H2,1-4H3/t11-,12+,13-,14-,15+/m1/s1. The molecule has 2 fully saturated rings. The van der Waals surface area contributed by atoms with Gasteiger partial charge in [0.05, 0.1) is 18.1 Å². The molecule has 1 heterocycles. The zero-order chi connectivity index (χ0) is 17.4. The van der Waals surface area contributed by atoms with Crippen molar-refractivity contribution in [3.05, 3.63) is 0 Å². The molecule has 7 nitrogen and oxygen atoms in total. The van der Waals surface area contributed by atoms with E-state index in [1.54, 1.807) is 0 Å². The van der Waals surface area contributed by atoms with Gasteiger partial charge in [0, 0.05) is 33.1 Å². The van der Waals surface area contributed by atoms with Crippen molar-refractivity contribution in [2.24, 2.45) is 5.92 Å². The lowest BCUT2D eigenvalue weighted by Crippen LogP contribution is -2.48. The Morgan fingerprint density at radius 2 is 1.70 bits per heavy atom. The van der Waals surface area contributed by atoms with Crippen molar-refractivity contribution >= 4 is 29.5 Å². The Hall–Kier alpha value is -1.34. The van der Waals surface area contributed by atoms with E-state index in [0.717, 1.165) is 0 Å². The third-order valence-corrected chi connectivity index (χ3v) is 5.11. The van der Waals surface area contributed by atoms with E-state index in [4.69, 9.17) is 30.5 Å². The highest BCUT2D eigenvalue weighted by molar-refractivity contribution is 6.25. The van der Waals surface area contributed by atoms with Crippen LogP contribution >= 0.6 is 11.6 Å². The van der Waals surface area contributed by atoms with Gasteiger partial charge in [-0.05, 0) is 6.92 Å². The summed E-state index contributed by atoms with van der Waals surface area (Å²) in [6.45, 7) is 5.87. The number of hydrogen-bond acceptors (Lipinski definition) is 7.